The van der Waals surface area contributed by atoms with Gasteiger partial charge in [0.25, 0.3) is 0 Å². The van der Waals surface area contributed by atoms with Gasteiger partial charge in [-0.15, -0.1) is 0 Å². The van der Waals surface area contributed by atoms with Gasteiger partial charge in [0.05, 0.1) is 5.52 Å². The van der Waals surface area contributed by atoms with Gasteiger partial charge in [-0.05, 0) is 57.1 Å². The Morgan fingerprint density at radius 2 is 1.94 bits per heavy atom. The Morgan fingerprint density at radius 1 is 1.19 bits per heavy atom. The van der Waals surface area contributed by atoms with E-state index in [1.807, 2.05) is 14.0 Å². The van der Waals surface area contributed by atoms with E-state index in [0.29, 0.717) is 6.04 Å². The lowest BCUT2D eigenvalue weighted by Crippen LogP contribution is -2.12. The van der Waals surface area contributed by atoms with Crippen LogP contribution in [0.3, 0.4) is 0 Å². The first kappa shape index (κ1) is 11.1. The maximum Gasteiger partial charge on any atom is 0.0708 e. The number of nitrogens with one attached hydrogen (secondary N) is 1. The highest BCUT2D eigenvalue weighted by Crippen LogP contribution is 2.22. The van der Waals surface area contributed by atoms with Gasteiger partial charge in [-0.2, -0.15) is 0 Å². The lowest BCUT2D eigenvalue weighted by Gasteiger charge is -2.12. The van der Waals surface area contributed by atoms with Crippen molar-refractivity contribution < 1.29 is 0 Å². The van der Waals surface area contributed by atoms with Crippen molar-refractivity contribution in [3.05, 3.63) is 41.1 Å². The van der Waals surface area contributed by atoms with Gasteiger partial charge in [-0.3, -0.25) is 4.98 Å². The third kappa shape index (κ3) is 1.93. The van der Waals surface area contributed by atoms with Crippen molar-refractivity contribution in [1.29, 1.82) is 0 Å². The molecular formula is C14H18N2. The van der Waals surface area contributed by atoms with Crippen molar-refractivity contribution in [3.8, 4) is 0 Å². The fourth-order valence-electron chi connectivity index (χ4n) is 2.02. The van der Waals surface area contributed by atoms with E-state index in [1.165, 1.54) is 16.5 Å². The summed E-state index contributed by atoms with van der Waals surface area (Å²) >= 11 is 0. The lowest BCUT2D eigenvalue weighted by molar-refractivity contribution is 0.653. The molecule has 1 atom stereocenters. The van der Waals surface area contributed by atoms with Crippen molar-refractivity contribution in [2.75, 3.05) is 7.05 Å². The minimum Gasteiger partial charge on any atom is -0.313 e. The molecule has 1 unspecified atom stereocenters. The molecule has 0 aliphatic heterocycles. The second kappa shape index (κ2) is 4.22. The van der Waals surface area contributed by atoms with Crippen LogP contribution in [0.2, 0.25) is 0 Å². The van der Waals surface area contributed by atoms with Crippen LogP contribution in [0.5, 0.6) is 0 Å². The zero-order valence-electron chi connectivity index (χ0n) is 10.3. The average molecular weight is 214 g/mol. The monoisotopic (exact) mass is 214 g/mol. The van der Waals surface area contributed by atoms with Gasteiger partial charge < -0.3 is 5.32 Å². The molecule has 1 N–H and O–H groups in total. The zero-order chi connectivity index (χ0) is 11.7. The summed E-state index contributed by atoms with van der Waals surface area (Å²) in [6.07, 6.45) is 0. The summed E-state index contributed by atoms with van der Waals surface area (Å²) in [4.78, 5) is 4.54. The predicted octanol–water partition coefficient (Wildman–Crippen LogP) is 3.13. The molecule has 2 nitrogen and oxygen atoms in total. The summed E-state index contributed by atoms with van der Waals surface area (Å²) in [6, 6.07) is 9.01. The van der Waals surface area contributed by atoms with Crippen LogP contribution in [0.15, 0.2) is 24.3 Å². The van der Waals surface area contributed by atoms with Crippen molar-refractivity contribution in [2.45, 2.75) is 26.8 Å². The highest BCUT2D eigenvalue weighted by Gasteiger charge is 2.05. The van der Waals surface area contributed by atoms with E-state index < -0.39 is 0 Å². The van der Waals surface area contributed by atoms with Crippen LogP contribution < -0.4 is 5.32 Å². The third-order valence-corrected chi connectivity index (χ3v) is 3.10. The Labute approximate surface area is 96.7 Å². The molecule has 0 radical (unpaired) electrons. The standard InChI is InChI=1S/C14H18N2/c1-9-7-10(2)16-14-6-5-12(8-13(9)14)11(3)15-4/h5-8,11,15H,1-4H3. The van der Waals surface area contributed by atoms with Crippen molar-refractivity contribution in [1.82, 2.24) is 10.3 Å². The highest BCUT2D eigenvalue weighted by molar-refractivity contribution is 5.83. The molecule has 1 aromatic carbocycles. The first-order valence-corrected chi connectivity index (χ1v) is 5.67. The smallest absolute Gasteiger partial charge is 0.0708 e. The van der Waals surface area contributed by atoms with Crippen molar-refractivity contribution >= 4 is 10.9 Å². The number of aryl methyl sites for hydroxylation is 2. The van der Waals surface area contributed by atoms with Gasteiger partial charge in [0.2, 0.25) is 0 Å². The van der Waals surface area contributed by atoms with Gasteiger partial charge in [0.15, 0.2) is 0 Å². The molecule has 0 amide bonds. The average Bonchev–Trinajstić information content (AvgIpc) is 2.27. The normalized spacial score (nSPS) is 13.0. The molecule has 0 aliphatic rings. The number of nitrogens with zero attached hydrogens (tertiary/aromatic N) is 1. The molecule has 0 fully saturated rings. The Balaban J connectivity index is 2.62. The first-order valence-electron chi connectivity index (χ1n) is 5.67. The second-order valence-corrected chi connectivity index (χ2v) is 4.37. The van der Waals surface area contributed by atoms with E-state index in [0.717, 1.165) is 11.2 Å². The highest BCUT2D eigenvalue weighted by atomic mass is 14.8. The predicted molar refractivity (Wildman–Crippen MR) is 68.7 cm³/mol. The first-order chi connectivity index (χ1) is 7.61. The number of rotatable bonds is 2. The minimum absolute atomic E-state index is 0.380. The van der Waals surface area contributed by atoms with Crippen LogP contribution in [0.1, 0.15) is 29.8 Å². The zero-order valence-corrected chi connectivity index (χ0v) is 10.3. The van der Waals surface area contributed by atoms with Crippen molar-refractivity contribution in [3.63, 3.8) is 0 Å². The third-order valence-electron chi connectivity index (χ3n) is 3.10. The van der Waals surface area contributed by atoms with E-state index in [1.54, 1.807) is 0 Å². The van der Waals surface area contributed by atoms with Crippen LogP contribution in [-0.2, 0) is 0 Å². The summed E-state index contributed by atoms with van der Waals surface area (Å²) in [5.41, 5.74) is 4.78. The van der Waals surface area contributed by atoms with Gasteiger partial charge in [0, 0.05) is 17.1 Å². The number of hydrogen-bond donors (Lipinski definition) is 1. The minimum atomic E-state index is 0.380. The molecule has 2 rings (SSSR count). The number of pyridine rings is 1. The number of hydrogen-bond acceptors (Lipinski definition) is 2. The molecule has 0 spiro atoms. The fourth-order valence-corrected chi connectivity index (χ4v) is 2.02. The molecular weight excluding hydrogens is 196 g/mol. The Bertz CT molecular complexity index is 517. The van der Waals surface area contributed by atoms with E-state index in [4.69, 9.17) is 0 Å². The van der Waals surface area contributed by atoms with Crippen LogP contribution in [-0.4, -0.2) is 12.0 Å². The summed E-state index contributed by atoms with van der Waals surface area (Å²) in [7, 11) is 1.98. The van der Waals surface area contributed by atoms with E-state index in [9.17, 15) is 0 Å². The van der Waals surface area contributed by atoms with Crippen LogP contribution >= 0.6 is 0 Å². The lowest BCUT2D eigenvalue weighted by atomic mass is 10.0. The molecule has 0 aliphatic carbocycles. The molecule has 0 bridgehead atoms. The summed E-state index contributed by atoms with van der Waals surface area (Å²) in [5.74, 6) is 0. The van der Waals surface area contributed by atoms with Crippen LogP contribution in [0.25, 0.3) is 10.9 Å². The Kier molecular flexibility index (Phi) is 2.92. The Morgan fingerprint density at radius 3 is 2.62 bits per heavy atom. The van der Waals surface area contributed by atoms with E-state index in [2.05, 4.69) is 48.4 Å². The van der Waals surface area contributed by atoms with Crippen molar-refractivity contribution in [2.24, 2.45) is 0 Å². The quantitative estimate of drug-likeness (QED) is 0.830. The van der Waals surface area contributed by atoms with Gasteiger partial charge in [-0.25, -0.2) is 0 Å². The number of aromatic nitrogens is 1. The van der Waals surface area contributed by atoms with Gasteiger partial charge in [0.1, 0.15) is 0 Å². The summed E-state index contributed by atoms with van der Waals surface area (Å²) in [5, 5.41) is 4.51. The largest absolute Gasteiger partial charge is 0.313 e. The molecule has 2 heteroatoms. The molecule has 0 saturated heterocycles. The SMILES string of the molecule is CNC(C)c1ccc2nc(C)cc(C)c2c1. The van der Waals surface area contributed by atoms with E-state index in [-0.39, 0.29) is 0 Å². The summed E-state index contributed by atoms with van der Waals surface area (Å²) < 4.78 is 0. The van der Waals surface area contributed by atoms with Gasteiger partial charge in [-0.1, -0.05) is 6.07 Å². The van der Waals surface area contributed by atoms with E-state index >= 15 is 0 Å². The summed E-state index contributed by atoms with van der Waals surface area (Å²) in [6.45, 7) is 6.35. The molecule has 0 saturated carbocycles. The maximum atomic E-state index is 4.54. The second-order valence-electron chi connectivity index (χ2n) is 4.37. The number of fused-ring (bicyclic) bond motifs is 1. The molecule has 1 heterocycles. The Hall–Kier alpha value is -1.41. The number of benzene rings is 1. The molecule has 84 valence electrons. The molecule has 1 aromatic heterocycles. The van der Waals surface area contributed by atoms with Crippen LogP contribution in [0, 0.1) is 13.8 Å². The maximum absolute atomic E-state index is 4.54. The topological polar surface area (TPSA) is 24.9 Å². The molecule has 16 heavy (non-hydrogen) atoms. The molecule has 2 aromatic rings. The fraction of sp³-hybridized carbons (Fsp3) is 0.357. The van der Waals surface area contributed by atoms with Gasteiger partial charge >= 0.3 is 0 Å². The van der Waals surface area contributed by atoms with Crippen LogP contribution in [0.4, 0.5) is 0 Å².